The number of hydrogen-bond donors (Lipinski definition) is 1. The van der Waals surface area contributed by atoms with E-state index >= 15 is 0 Å². The van der Waals surface area contributed by atoms with Gasteiger partial charge in [0.25, 0.3) is 0 Å². The Hall–Kier alpha value is -1.42. The number of carboxylic acids is 1. The van der Waals surface area contributed by atoms with Crippen LogP contribution in [0.5, 0.6) is 0 Å². The summed E-state index contributed by atoms with van der Waals surface area (Å²) in [6.07, 6.45) is 4.82. The first-order valence-corrected chi connectivity index (χ1v) is 6.36. The van der Waals surface area contributed by atoms with E-state index in [1.165, 1.54) is 5.56 Å². The Balaban J connectivity index is 2.05. The Morgan fingerprint density at radius 3 is 2.78 bits per heavy atom. The second-order valence-corrected chi connectivity index (χ2v) is 5.51. The Bertz CT molecular complexity index is 417. The van der Waals surface area contributed by atoms with Crippen molar-refractivity contribution < 1.29 is 9.90 Å². The van der Waals surface area contributed by atoms with Gasteiger partial charge in [0.15, 0.2) is 0 Å². The summed E-state index contributed by atoms with van der Waals surface area (Å²) >= 11 is 0. The van der Waals surface area contributed by atoms with Gasteiger partial charge >= 0.3 is 5.97 Å². The van der Waals surface area contributed by atoms with Gasteiger partial charge in [-0.1, -0.05) is 0 Å². The number of aromatic nitrogens is 1. The van der Waals surface area contributed by atoms with Crippen LogP contribution in [0, 0.1) is 5.92 Å². The molecule has 4 nitrogen and oxygen atoms in total. The van der Waals surface area contributed by atoms with Gasteiger partial charge in [-0.25, -0.2) is 0 Å². The summed E-state index contributed by atoms with van der Waals surface area (Å²) < 4.78 is 0. The zero-order chi connectivity index (χ0) is 13.2. The molecule has 0 radical (unpaired) electrons. The molecule has 1 saturated heterocycles. The molecular weight excluding hydrogens is 228 g/mol. The minimum atomic E-state index is -0.696. The first-order chi connectivity index (χ1) is 8.50. The fraction of sp³-hybridized carbons (Fsp3) is 0.571. The Kier molecular flexibility index (Phi) is 3.66. The lowest BCUT2D eigenvalue weighted by atomic mass is 9.86. The van der Waals surface area contributed by atoms with E-state index in [1.54, 1.807) is 12.4 Å². The van der Waals surface area contributed by atoms with Gasteiger partial charge < -0.3 is 5.11 Å². The summed E-state index contributed by atoms with van der Waals surface area (Å²) in [5, 5.41) is 8.96. The molecule has 1 atom stereocenters. The second-order valence-electron chi connectivity index (χ2n) is 5.51. The standard InChI is InChI=1S/C14H20N2O2/c1-14(2)12(9-13(17)18)5-8-16(14)10-11-3-6-15-7-4-11/h3-4,6-7,12H,5,8-10H2,1-2H3,(H,17,18). The molecule has 0 aromatic carbocycles. The lowest BCUT2D eigenvalue weighted by Crippen LogP contribution is -2.42. The number of rotatable bonds is 4. The van der Waals surface area contributed by atoms with Crippen LogP contribution in [0.3, 0.4) is 0 Å². The molecule has 1 aromatic heterocycles. The summed E-state index contributed by atoms with van der Waals surface area (Å²) in [6, 6.07) is 4.03. The van der Waals surface area contributed by atoms with Crippen molar-refractivity contribution in [3.63, 3.8) is 0 Å². The molecule has 1 aliphatic rings. The second kappa shape index (κ2) is 5.06. The first kappa shape index (κ1) is 13.0. The van der Waals surface area contributed by atoms with Crippen LogP contribution < -0.4 is 0 Å². The van der Waals surface area contributed by atoms with Crippen LogP contribution in [-0.2, 0) is 11.3 Å². The fourth-order valence-corrected chi connectivity index (χ4v) is 2.77. The molecule has 0 amide bonds. The van der Waals surface area contributed by atoms with Gasteiger partial charge in [0.2, 0.25) is 0 Å². The van der Waals surface area contributed by atoms with E-state index in [0.717, 1.165) is 19.5 Å². The van der Waals surface area contributed by atoms with Crippen LogP contribution in [0.2, 0.25) is 0 Å². The van der Waals surface area contributed by atoms with Crippen molar-refractivity contribution >= 4 is 5.97 Å². The Morgan fingerprint density at radius 2 is 2.17 bits per heavy atom. The van der Waals surface area contributed by atoms with Crippen LogP contribution >= 0.6 is 0 Å². The molecule has 1 unspecified atom stereocenters. The maximum absolute atomic E-state index is 10.9. The van der Waals surface area contributed by atoms with E-state index in [1.807, 2.05) is 12.1 Å². The smallest absolute Gasteiger partial charge is 0.303 e. The predicted octanol–water partition coefficient (Wildman–Crippen LogP) is 2.16. The monoisotopic (exact) mass is 248 g/mol. The molecule has 98 valence electrons. The van der Waals surface area contributed by atoms with Crippen LogP contribution in [0.25, 0.3) is 0 Å². The number of carbonyl (C=O) groups is 1. The maximum atomic E-state index is 10.9. The number of hydrogen-bond acceptors (Lipinski definition) is 3. The average molecular weight is 248 g/mol. The van der Waals surface area contributed by atoms with Gasteiger partial charge in [-0.15, -0.1) is 0 Å². The SMILES string of the molecule is CC1(C)C(CC(=O)O)CCN1Cc1ccncc1. The first-order valence-electron chi connectivity index (χ1n) is 6.36. The highest BCUT2D eigenvalue weighted by atomic mass is 16.4. The number of nitrogens with zero attached hydrogens (tertiary/aromatic N) is 2. The lowest BCUT2D eigenvalue weighted by Gasteiger charge is -2.35. The van der Waals surface area contributed by atoms with Crippen molar-refractivity contribution in [3.8, 4) is 0 Å². The minimum Gasteiger partial charge on any atom is -0.481 e. The Labute approximate surface area is 108 Å². The molecule has 2 rings (SSSR count). The summed E-state index contributed by atoms with van der Waals surface area (Å²) in [5.41, 5.74) is 1.18. The topological polar surface area (TPSA) is 53.4 Å². The van der Waals surface area contributed by atoms with Crippen LogP contribution in [0.4, 0.5) is 0 Å². The third-order valence-corrected chi connectivity index (χ3v) is 4.11. The molecule has 0 spiro atoms. The van der Waals surface area contributed by atoms with Crippen molar-refractivity contribution in [1.82, 2.24) is 9.88 Å². The summed E-state index contributed by atoms with van der Waals surface area (Å²) in [5.74, 6) is -0.462. The van der Waals surface area contributed by atoms with E-state index in [9.17, 15) is 4.79 Å². The molecule has 1 aromatic rings. The predicted molar refractivity (Wildman–Crippen MR) is 69.1 cm³/mol. The number of pyridine rings is 1. The van der Waals surface area contributed by atoms with E-state index in [4.69, 9.17) is 5.11 Å². The summed E-state index contributed by atoms with van der Waals surface area (Å²) in [4.78, 5) is 17.3. The van der Waals surface area contributed by atoms with Crippen molar-refractivity contribution in [1.29, 1.82) is 0 Å². The largest absolute Gasteiger partial charge is 0.481 e. The molecule has 1 fully saturated rings. The molecule has 0 bridgehead atoms. The quantitative estimate of drug-likeness (QED) is 0.887. The van der Waals surface area contributed by atoms with Crippen LogP contribution in [0.1, 0.15) is 32.3 Å². The normalized spacial score (nSPS) is 23.1. The molecule has 1 aliphatic heterocycles. The third kappa shape index (κ3) is 2.70. The van der Waals surface area contributed by atoms with Gasteiger partial charge in [-0.2, -0.15) is 0 Å². The highest BCUT2D eigenvalue weighted by Gasteiger charge is 2.41. The average Bonchev–Trinajstić information content (AvgIpc) is 2.57. The van der Waals surface area contributed by atoms with E-state index in [-0.39, 0.29) is 17.9 Å². The molecule has 4 heteroatoms. The maximum Gasteiger partial charge on any atom is 0.303 e. The van der Waals surface area contributed by atoms with E-state index in [0.29, 0.717) is 0 Å². The van der Waals surface area contributed by atoms with Crippen LogP contribution in [-0.4, -0.2) is 33.0 Å². The van der Waals surface area contributed by atoms with Crippen LogP contribution in [0.15, 0.2) is 24.5 Å². The molecular formula is C14H20N2O2. The number of carboxylic acid groups (broad SMARTS) is 1. The summed E-state index contributed by atoms with van der Waals surface area (Å²) in [6.45, 7) is 6.13. The zero-order valence-corrected chi connectivity index (χ0v) is 11.0. The van der Waals surface area contributed by atoms with Gasteiger partial charge in [-0.05, 0) is 50.4 Å². The molecule has 0 saturated carbocycles. The molecule has 1 N–H and O–H groups in total. The van der Waals surface area contributed by atoms with Crippen molar-refractivity contribution in [2.24, 2.45) is 5.92 Å². The molecule has 18 heavy (non-hydrogen) atoms. The minimum absolute atomic E-state index is 0.0539. The summed E-state index contributed by atoms with van der Waals surface area (Å²) in [7, 11) is 0. The van der Waals surface area contributed by atoms with Crippen molar-refractivity contribution in [2.75, 3.05) is 6.54 Å². The molecule has 2 heterocycles. The fourth-order valence-electron chi connectivity index (χ4n) is 2.77. The van der Waals surface area contributed by atoms with E-state index in [2.05, 4.69) is 23.7 Å². The highest BCUT2D eigenvalue weighted by molar-refractivity contribution is 5.67. The van der Waals surface area contributed by atoms with Crippen molar-refractivity contribution in [3.05, 3.63) is 30.1 Å². The number of aliphatic carboxylic acids is 1. The van der Waals surface area contributed by atoms with Crippen molar-refractivity contribution in [2.45, 2.75) is 38.8 Å². The van der Waals surface area contributed by atoms with E-state index < -0.39 is 5.97 Å². The van der Waals surface area contributed by atoms with Gasteiger partial charge in [0.1, 0.15) is 0 Å². The zero-order valence-electron chi connectivity index (χ0n) is 11.0. The van der Waals surface area contributed by atoms with Gasteiger partial charge in [-0.3, -0.25) is 14.7 Å². The highest BCUT2D eigenvalue weighted by Crippen LogP contribution is 2.37. The third-order valence-electron chi connectivity index (χ3n) is 4.11. The lowest BCUT2D eigenvalue weighted by molar-refractivity contribution is -0.138. The van der Waals surface area contributed by atoms with Gasteiger partial charge in [0, 0.05) is 30.9 Å². The Morgan fingerprint density at radius 1 is 1.50 bits per heavy atom. The van der Waals surface area contributed by atoms with Gasteiger partial charge in [0.05, 0.1) is 0 Å². The molecule has 0 aliphatic carbocycles. The number of likely N-dealkylation sites (tertiary alicyclic amines) is 1.